The van der Waals surface area contributed by atoms with E-state index in [2.05, 4.69) is 19.2 Å². The van der Waals surface area contributed by atoms with E-state index in [1.165, 1.54) is 0 Å². The van der Waals surface area contributed by atoms with Gasteiger partial charge in [-0.2, -0.15) is 17.0 Å². The van der Waals surface area contributed by atoms with Crippen molar-refractivity contribution in [2.45, 2.75) is 39.2 Å². The Hall–Kier alpha value is -0.170. The normalized spacial score (nSPS) is 28.7. The Bertz CT molecular complexity index is 362. The monoisotopic (exact) mass is 275 g/mol. The molecule has 5 nitrogen and oxygen atoms in total. The van der Waals surface area contributed by atoms with E-state index >= 15 is 0 Å². The molecule has 1 unspecified atom stereocenters. The fraction of sp³-hybridized carbons (Fsp3) is 1.00. The molecule has 2 fully saturated rings. The molecule has 0 bridgehead atoms. The first-order chi connectivity index (χ1) is 8.53. The van der Waals surface area contributed by atoms with Crippen molar-refractivity contribution >= 4 is 10.2 Å². The molecule has 0 saturated carbocycles. The molecule has 0 radical (unpaired) electrons. The van der Waals surface area contributed by atoms with Crippen molar-refractivity contribution in [3.8, 4) is 0 Å². The summed E-state index contributed by atoms with van der Waals surface area (Å²) in [4.78, 5) is 0. The Morgan fingerprint density at radius 1 is 1.11 bits per heavy atom. The van der Waals surface area contributed by atoms with Gasteiger partial charge < -0.3 is 5.32 Å². The maximum absolute atomic E-state index is 12.7. The Morgan fingerprint density at radius 3 is 2.61 bits per heavy atom. The molecule has 2 rings (SSSR count). The van der Waals surface area contributed by atoms with Gasteiger partial charge in [0.1, 0.15) is 0 Å². The Balaban J connectivity index is 2.13. The van der Waals surface area contributed by atoms with Crippen LogP contribution >= 0.6 is 0 Å². The van der Waals surface area contributed by atoms with Crippen LogP contribution in [0.25, 0.3) is 0 Å². The van der Waals surface area contributed by atoms with Crippen LogP contribution in [0.5, 0.6) is 0 Å². The van der Waals surface area contributed by atoms with E-state index in [9.17, 15) is 8.42 Å². The lowest BCUT2D eigenvalue weighted by Crippen LogP contribution is -2.48. The topological polar surface area (TPSA) is 52.7 Å². The van der Waals surface area contributed by atoms with Crippen LogP contribution in [0.2, 0.25) is 0 Å². The highest BCUT2D eigenvalue weighted by atomic mass is 32.2. The minimum absolute atomic E-state index is 0.186. The molecule has 2 aliphatic heterocycles. The van der Waals surface area contributed by atoms with Crippen molar-refractivity contribution in [3.05, 3.63) is 0 Å². The summed E-state index contributed by atoms with van der Waals surface area (Å²) in [6.07, 6.45) is 2.90. The van der Waals surface area contributed by atoms with Crippen molar-refractivity contribution in [1.29, 1.82) is 0 Å². The van der Waals surface area contributed by atoms with E-state index in [0.29, 0.717) is 25.6 Å². The van der Waals surface area contributed by atoms with Gasteiger partial charge in [-0.25, -0.2) is 0 Å². The van der Waals surface area contributed by atoms with E-state index in [1.54, 1.807) is 8.61 Å². The quantitative estimate of drug-likeness (QED) is 0.823. The van der Waals surface area contributed by atoms with Crippen LogP contribution in [0.4, 0.5) is 0 Å². The molecule has 2 heterocycles. The predicted molar refractivity (Wildman–Crippen MR) is 72.5 cm³/mol. The summed E-state index contributed by atoms with van der Waals surface area (Å²) in [5.41, 5.74) is 0. The van der Waals surface area contributed by atoms with Crippen molar-refractivity contribution < 1.29 is 8.42 Å². The van der Waals surface area contributed by atoms with Crippen LogP contribution in [0.3, 0.4) is 0 Å². The first-order valence-electron chi connectivity index (χ1n) is 7.01. The Morgan fingerprint density at radius 2 is 1.89 bits per heavy atom. The molecule has 6 heteroatoms. The zero-order valence-corrected chi connectivity index (χ0v) is 12.2. The average Bonchev–Trinajstić information content (AvgIpc) is 2.65. The Labute approximate surface area is 111 Å². The summed E-state index contributed by atoms with van der Waals surface area (Å²) in [5.74, 6) is 0.396. The minimum atomic E-state index is -3.25. The fourth-order valence-electron chi connectivity index (χ4n) is 2.92. The van der Waals surface area contributed by atoms with Crippen molar-refractivity contribution in [2.24, 2.45) is 5.92 Å². The molecule has 1 N–H and O–H groups in total. The van der Waals surface area contributed by atoms with Gasteiger partial charge in [-0.15, -0.1) is 0 Å². The van der Waals surface area contributed by atoms with E-state index in [1.807, 2.05) is 0 Å². The lowest BCUT2D eigenvalue weighted by Gasteiger charge is -2.31. The molecule has 0 aromatic carbocycles. The molecule has 0 spiro atoms. The average molecular weight is 275 g/mol. The van der Waals surface area contributed by atoms with Gasteiger partial charge in [-0.05, 0) is 31.7 Å². The van der Waals surface area contributed by atoms with Crippen molar-refractivity contribution in [1.82, 2.24) is 13.9 Å². The third-order valence-electron chi connectivity index (χ3n) is 3.94. The van der Waals surface area contributed by atoms with Gasteiger partial charge in [0.25, 0.3) is 10.2 Å². The number of hydrogen-bond donors (Lipinski definition) is 1. The van der Waals surface area contributed by atoms with Crippen LogP contribution in [-0.4, -0.2) is 55.8 Å². The third-order valence-corrected chi connectivity index (χ3v) is 6.00. The summed E-state index contributed by atoms with van der Waals surface area (Å²) in [7, 11) is -3.25. The molecular weight excluding hydrogens is 250 g/mol. The number of hydrogen-bond acceptors (Lipinski definition) is 3. The smallest absolute Gasteiger partial charge is 0.282 e. The lowest BCUT2D eigenvalue weighted by molar-refractivity contribution is 0.285. The second kappa shape index (κ2) is 5.86. The molecule has 2 aliphatic rings. The van der Waals surface area contributed by atoms with Crippen LogP contribution in [-0.2, 0) is 10.2 Å². The summed E-state index contributed by atoms with van der Waals surface area (Å²) in [6.45, 7) is 7.85. The molecule has 2 saturated heterocycles. The van der Waals surface area contributed by atoms with E-state index in [-0.39, 0.29) is 6.04 Å². The van der Waals surface area contributed by atoms with Gasteiger partial charge >= 0.3 is 0 Å². The fourth-order valence-corrected chi connectivity index (χ4v) is 4.95. The summed E-state index contributed by atoms with van der Waals surface area (Å²) < 4.78 is 28.8. The molecule has 0 amide bonds. The highest BCUT2D eigenvalue weighted by molar-refractivity contribution is 7.86. The number of rotatable bonds is 3. The predicted octanol–water partition coefficient (Wildman–Crippen LogP) is 0.647. The largest absolute Gasteiger partial charge is 0.315 e. The standard InChI is InChI=1S/C12H25N3O2S/c1-11(2)12-5-3-9-15(12)18(16,17)14-8-4-6-13-7-10-14/h11-13H,3-10H2,1-2H3. The highest BCUT2D eigenvalue weighted by Crippen LogP contribution is 2.28. The number of nitrogens with one attached hydrogen (secondary N) is 1. The second-order valence-electron chi connectivity index (χ2n) is 5.57. The molecule has 0 aromatic rings. The van der Waals surface area contributed by atoms with E-state index in [0.717, 1.165) is 32.4 Å². The summed E-state index contributed by atoms with van der Waals surface area (Å²) in [6, 6.07) is 0.186. The maximum atomic E-state index is 12.7. The lowest BCUT2D eigenvalue weighted by atomic mass is 10.0. The van der Waals surface area contributed by atoms with E-state index in [4.69, 9.17) is 0 Å². The molecule has 106 valence electrons. The zero-order valence-electron chi connectivity index (χ0n) is 11.4. The third kappa shape index (κ3) is 2.87. The first-order valence-corrected chi connectivity index (χ1v) is 8.41. The zero-order chi connectivity index (χ0) is 13.2. The SMILES string of the molecule is CC(C)C1CCCN1S(=O)(=O)N1CCCNCC1. The highest BCUT2D eigenvalue weighted by Gasteiger charge is 2.39. The van der Waals surface area contributed by atoms with Gasteiger partial charge in [0.05, 0.1) is 0 Å². The van der Waals surface area contributed by atoms with E-state index < -0.39 is 10.2 Å². The minimum Gasteiger partial charge on any atom is -0.315 e. The van der Waals surface area contributed by atoms with Crippen LogP contribution in [0.15, 0.2) is 0 Å². The summed E-state index contributed by atoms with van der Waals surface area (Å²) in [5, 5.41) is 3.25. The molecule has 0 aromatic heterocycles. The van der Waals surface area contributed by atoms with Gasteiger partial charge in [-0.3, -0.25) is 0 Å². The summed E-state index contributed by atoms with van der Waals surface area (Å²) >= 11 is 0. The molecule has 0 aliphatic carbocycles. The molecule has 18 heavy (non-hydrogen) atoms. The van der Waals surface area contributed by atoms with Crippen LogP contribution in [0.1, 0.15) is 33.1 Å². The van der Waals surface area contributed by atoms with Crippen LogP contribution in [0, 0.1) is 5.92 Å². The van der Waals surface area contributed by atoms with Gasteiger partial charge in [0, 0.05) is 32.2 Å². The molecular formula is C12H25N3O2S. The van der Waals surface area contributed by atoms with Crippen LogP contribution < -0.4 is 5.32 Å². The van der Waals surface area contributed by atoms with Crippen molar-refractivity contribution in [3.63, 3.8) is 0 Å². The maximum Gasteiger partial charge on any atom is 0.282 e. The van der Waals surface area contributed by atoms with Gasteiger partial charge in [-0.1, -0.05) is 13.8 Å². The molecule has 1 atom stereocenters. The number of nitrogens with zero attached hydrogens (tertiary/aromatic N) is 2. The Kier molecular flexibility index (Phi) is 4.64. The van der Waals surface area contributed by atoms with Gasteiger partial charge in [0.15, 0.2) is 0 Å². The van der Waals surface area contributed by atoms with Gasteiger partial charge in [0.2, 0.25) is 0 Å². The van der Waals surface area contributed by atoms with Crippen molar-refractivity contribution in [2.75, 3.05) is 32.7 Å². The first kappa shape index (κ1) is 14.2. The second-order valence-corrected chi connectivity index (χ2v) is 7.46.